The van der Waals surface area contributed by atoms with Crippen LogP contribution in [0.3, 0.4) is 0 Å². The minimum absolute atomic E-state index is 0.0882. The fraction of sp³-hybridized carbons (Fsp3) is 0.438. The van der Waals surface area contributed by atoms with E-state index in [9.17, 15) is 14.7 Å². The smallest absolute Gasteiger partial charge is 0.310 e. The summed E-state index contributed by atoms with van der Waals surface area (Å²) in [4.78, 5) is 23.9. The van der Waals surface area contributed by atoms with Crippen molar-refractivity contribution in [2.24, 2.45) is 18.4 Å². The van der Waals surface area contributed by atoms with E-state index in [2.05, 4.69) is 10.4 Å². The van der Waals surface area contributed by atoms with Crippen molar-refractivity contribution < 1.29 is 19.1 Å². The summed E-state index contributed by atoms with van der Waals surface area (Å²) < 4.78 is 6.64. The summed E-state index contributed by atoms with van der Waals surface area (Å²) >= 11 is 0. The fourth-order valence-corrected chi connectivity index (χ4v) is 3.80. The molecule has 2 aromatic rings. The van der Waals surface area contributed by atoms with Gasteiger partial charge in [0.15, 0.2) is 0 Å². The van der Waals surface area contributed by atoms with Gasteiger partial charge in [0.05, 0.1) is 23.5 Å². The summed E-state index contributed by atoms with van der Waals surface area (Å²) in [6.45, 7) is 0. The highest BCUT2D eigenvalue weighted by molar-refractivity contribution is 6.00. The van der Waals surface area contributed by atoms with Gasteiger partial charge in [-0.2, -0.15) is 5.10 Å². The Bertz CT molecular complexity index is 779. The Morgan fingerprint density at radius 2 is 2.30 bits per heavy atom. The molecule has 0 aromatic carbocycles. The Morgan fingerprint density at radius 3 is 2.96 bits per heavy atom. The number of aromatic nitrogens is 2. The molecule has 0 unspecified atom stereocenters. The van der Waals surface area contributed by atoms with Gasteiger partial charge in [0.25, 0.3) is 5.91 Å². The van der Waals surface area contributed by atoms with E-state index in [1.54, 1.807) is 30.3 Å². The molecule has 2 fully saturated rings. The van der Waals surface area contributed by atoms with E-state index < -0.39 is 11.4 Å². The molecule has 2 N–H and O–H groups in total. The van der Waals surface area contributed by atoms with Crippen LogP contribution in [0.25, 0.3) is 11.3 Å². The normalized spacial score (nSPS) is 28.4. The molecule has 2 heterocycles. The maximum Gasteiger partial charge on any atom is 0.310 e. The van der Waals surface area contributed by atoms with Gasteiger partial charge in [-0.25, -0.2) is 0 Å². The van der Waals surface area contributed by atoms with E-state index in [-0.39, 0.29) is 17.9 Å². The maximum atomic E-state index is 12.6. The van der Waals surface area contributed by atoms with Crippen LogP contribution in [0.15, 0.2) is 29.2 Å². The molecule has 0 saturated heterocycles. The highest BCUT2D eigenvalue weighted by Crippen LogP contribution is 2.63. The van der Waals surface area contributed by atoms with Crippen LogP contribution in [0.4, 0.5) is 0 Å². The molecule has 0 bridgehead atoms. The number of nitrogens with zero attached hydrogens (tertiary/aromatic N) is 2. The molecule has 7 nitrogen and oxygen atoms in total. The van der Waals surface area contributed by atoms with Crippen LogP contribution >= 0.6 is 0 Å². The predicted octanol–water partition coefficient (Wildman–Crippen LogP) is 1.66. The van der Waals surface area contributed by atoms with Gasteiger partial charge in [-0.15, -0.1) is 0 Å². The predicted molar refractivity (Wildman–Crippen MR) is 79.6 cm³/mol. The molecule has 2 saturated carbocycles. The number of aryl methyl sites for hydroxylation is 1. The van der Waals surface area contributed by atoms with Gasteiger partial charge in [0.1, 0.15) is 5.69 Å². The van der Waals surface area contributed by atoms with Crippen LogP contribution in [0.5, 0.6) is 0 Å². The molecule has 3 atom stereocenters. The van der Waals surface area contributed by atoms with Crippen molar-refractivity contribution in [3.8, 4) is 11.3 Å². The Hall–Kier alpha value is -2.57. The van der Waals surface area contributed by atoms with Gasteiger partial charge in [-0.1, -0.05) is 0 Å². The first-order chi connectivity index (χ1) is 11.0. The second-order valence-corrected chi connectivity index (χ2v) is 6.55. The number of carboxylic acid groups (broad SMARTS) is 1. The SMILES string of the molecule is Cn1cc(C(=O)N[C@@H]2C[C@H]3C[C@@]3(C(=O)O)C2)c(-c2ccoc2)n1. The molecule has 0 aliphatic heterocycles. The number of hydrogen-bond acceptors (Lipinski definition) is 4. The lowest BCUT2D eigenvalue weighted by molar-refractivity contribution is -0.143. The molecular formula is C16H17N3O4. The topological polar surface area (TPSA) is 97.4 Å². The van der Waals surface area contributed by atoms with Crippen molar-refractivity contribution in [2.75, 3.05) is 0 Å². The average Bonchev–Trinajstić information content (AvgIpc) is 2.95. The van der Waals surface area contributed by atoms with Gasteiger partial charge in [-0.05, 0) is 31.2 Å². The number of rotatable bonds is 4. The molecule has 0 spiro atoms. The molecule has 120 valence electrons. The number of nitrogens with one attached hydrogen (secondary N) is 1. The quantitative estimate of drug-likeness (QED) is 0.894. The van der Waals surface area contributed by atoms with Gasteiger partial charge >= 0.3 is 5.97 Å². The lowest BCUT2D eigenvalue weighted by Gasteiger charge is -2.15. The van der Waals surface area contributed by atoms with Crippen LogP contribution < -0.4 is 5.32 Å². The first kappa shape index (κ1) is 14.0. The largest absolute Gasteiger partial charge is 0.481 e. The summed E-state index contributed by atoms with van der Waals surface area (Å²) in [6, 6.07) is 1.67. The Morgan fingerprint density at radius 1 is 1.48 bits per heavy atom. The molecule has 4 rings (SSSR count). The molecule has 0 radical (unpaired) electrons. The van der Waals surface area contributed by atoms with Crippen molar-refractivity contribution in [3.63, 3.8) is 0 Å². The zero-order valence-corrected chi connectivity index (χ0v) is 12.7. The zero-order valence-electron chi connectivity index (χ0n) is 12.7. The molecule has 23 heavy (non-hydrogen) atoms. The third-order valence-corrected chi connectivity index (χ3v) is 5.04. The van der Waals surface area contributed by atoms with Crippen LogP contribution in [0, 0.1) is 11.3 Å². The monoisotopic (exact) mass is 315 g/mol. The van der Waals surface area contributed by atoms with E-state index in [1.807, 2.05) is 0 Å². The number of aliphatic carboxylic acids is 1. The number of fused-ring (bicyclic) bond motifs is 1. The standard InChI is InChI=1S/C16H17N3O4/c1-19-7-12(13(18-19)9-2-3-23-8-9)14(20)17-11-4-10-5-16(10,6-11)15(21)22/h2-3,7-8,10-11H,4-6H2,1H3,(H,17,20)(H,21,22)/t10-,11+,16+/m0/s1. The Balaban J connectivity index is 1.52. The third-order valence-electron chi connectivity index (χ3n) is 5.04. The number of furan rings is 1. The highest BCUT2D eigenvalue weighted by atomic mass is 16.4. The van der Waals surface area contributed by atoms with E-state index in [0.29, 0.717) is 17.7 Å². The van der Waals surface area contributed by atoms with Gasteiger partial charge in [-0.3, -0.25) is 14.3 Å². The van der Waals surface area contributed by atoms with Crippen LogP contribution in [0.1, 0.15) is 29.6 Å². The summed E-state index contributed by atoms with van der Waals surface area (Å²) in [5.74, 6) is -0.756. The first-order valence-electron chi connectivity index (χ1n) is 7.60. The average molecular weight is 315 g/mol. The summed E-state index contributed by atoms with van der Waals surface area (Å²) in [5.41, 5.74) is 1.18. The molecule has 2 aliphatic rings. The number of carbonyl (C=O) groups excluding carboxylic acids is 1. The first-order valence-corrected chi connectivity index (χ1v) is 7.60. The highest BCUT2D eigenvalue weighted by Gasteiger charge is 2.65. The molecule has 1 amide bonds. The van der Waals surface area contributed by atoms with Gasteiger partial charge in [0.2, 0.25) is 0 Å². The number of carboxylic acids is 1. The molecule has 2 aliphatic carbocycles. The third kappa shape index (κ3) is 2.15. The summed E-state index contributed by atoms with van der Waals surface area (Å²) in [5, 5.41) is 16.6. The maximum absolute atomic E-state index is 12.6. The summed E-state index contributed by atoms with van der Waals surface area (Å²) in [6.07, 6.45) is 6.73. The molecule has 2 aromatic heterocycles. The van der Waals surface area contributed by atoms with Crippen LogP contribution in [-0.4, -0.2) is 32.8 Å². The number of hydrogen-bond donors (Lipinski definition) is 2. The zero-order chi connectivity index (χ0) is 16.2. The van der Waals surface area contributed by atoms with Gasteiger partial charge in [0, 0.05) is 24.8 Å². The lowest BCUT2D eigenvalue weighted by Crippen LogP contribution is -2.35. The van der Waals surface area contributed by atoms with E-state index in [1.165, 1.54) is 6.26 Å². The minimum Gasteiger partial charge on any atom is -0.481 e. The van der Waals surface area contributed by atoms with Crippen molar-refractivity contribution in [2.45, 2.75) is 25.3 Å². The van der Waals surface area contributed by atoms with Crippen LogP contribution in [0.2, 0.25) is 0 Å². The lowest BCUT2D eigenvalue weighted by atomic mass is 10.0. The van der Waals surface area contributed by atoms with Crippen molar-refractivity contribution in [1.29, 1.82) is 0 Å². The van der Waals surface area contributed by atoms with Crippen molar-refractivity contribution in [3.05, 3.63) is 30.4 Å². The summed E-state index contributed by atoms with van der Waals surface area (Å²) in [7, 11) is 1.75. The van der Waals surface area contributed by atoms with E-state index in [0.717, 1.165) is 18.4 Å². The molecule has 7 heteroatoms. The van der Waals surface area contributed by atoms with Crippen LogP contribution in [-0.2, 0) is 11.8 Å². The number of amides is 1. The van der Waals surface area contributed by atoms with E-state index >= 15 is 0 Å². The second kappa shape index (κ2) is 4.71. The molecular weight excluding hydrogens is 298 g/mol. The van der Waals surface area contributed by atoms with Crippen molar-refractivity contribution >= 4 is 11.9 Å². The Labute approximate surface area is 132 Å². The van der Waals surface area contributed by atoms with E-state index in [4.69, 9.17) is 4.42 Å². The number of carbonyl (C=O) groups is 2. The fourth-order valence-electron chi connectivity index (χ4n) is 3.80. The van der Waals surface area contributed by atoms with Gasteiger partial charge < -0.3 is 14.8 Å². The van der Waals surface area contributed by atoms with Crippen molar-refractivity contribution in [1.82, 2.24) is 15.1 Å². The minimum atomic E-state index is -0.736. The second-order valence-electron chi connectivity index (χ2n) is 6.55. The Kier molecular flexibility index (Phi) is 2.88.